The van der Waals surface area contributed by atoms with Crippen molar-refractivity contribution in [1.82, 2.24) is 19.9 Å². The third-order valence-electron chi connectivity index (χ3n) is 4.61. The first-order valence-electron chi connectivity index (χ1n) is 9.03. The van der Waals surface area contributed by atoms with Crippen molar-refractivity contribution in [2.75, 3.05) is 5.32 Å². The highest BCUT2D eigenvalue weighted by atomic mass is 15.0. The first kappa shape index (κ1) is 16.2. The number of rotatable bonds is 4. The average molecular weight is 363 g/mol. The number of hydrogen-bond donors (Lipinski definition) is 2. The molecule has 0 fully saturated rings. The number of anilines is 2. The van der Waals surface area contributed by atoms with E-state index in [0.717, 1.165) is 44.6 Å². The molecule has 3 aromatic heterocycles. The lowest BCUT2D eigenvalue weighted by Crippen LogP contribution is -1.96. The Kier molecular flexibility index (Phi) is 4.03. The van der Waals surface area contributed by atoms with Crippen molar-refractivity contribution in [3.63, 3.8) is 0 Å². The predicted molar refractivity (Wildman–Crippen MR) is 114 cm³/mol. The van der Waals surface area contributed by atoms with Crippen LogP contribution < -0.4 is 5.32 Å². The van der Waals surface area contributed by atoms with E-state index in [-0.39, 0.29) is 0 Å². The third-order valence-corrected chi connectivity index (χ3v) is 4.61. The summed E-state index contributed by atoms with van der Waals surface area (Å²) in [5, 5.41) is 5.56. The standard InChI is InChI=1S/C23H17N5/c1-2-11-24-18(3-1)6-4-16-5-8-22-20(13-16)23(27-15-26-22)28-19-7-9-21-17(14-19)10-12-25-21/h1-15,25H,(H,26,27,28). The molecule has 3 heterocycles. The van der Waals surface area contributed by atoms with Crippen molar-refractivity contribution < 1.29 is 0 Å². The Bertz CT molecular complexity index is 1290. The minimum Gasteiger partial charge on any atom is -0.361 e. The molecular weight excluding hydrogens is 346 g/mol. The fraction of sp³-hybridized carbons (Fsp3) is 0. The van der Waals surface area contributed by atoms with Crippen LogP contribution in [0.1, 0.15) is 11.3 Å². The van der Waals surface area contributed by atoms with Gasteiger partial charge in [0.15, 0.2) is 0 Å². The van der Waals surface area contributed by atoms with E-state index in [9.17, 15) is 0 Å². The molecule has 0 bridgehead atoms. The highest BCUT2D eigenvalue weighted by Gasteiger charge is 2.06. The van der Waals surface area contributed by atoms with E-state index < -0.39 is 0 Å². The molecule has 0 aliphatic carbocycles. The van der Waals surface area contributed by atoms with Crippen LogP contribution in [0.4, 0.5) is 11.5 Å². The molecule has 0 aliphatic heterocycles. The number of nitrogens with zero attached hydrogens (tertiary/aromatic N) is 3. The molecule has 0 amide bonds. The number of benzene rings is 2. The first-order valence-corrected chi connectivity index (χ1v) is 9.03. The molecule has 0 aliphatic rings. The van der Waals surface area contributed by atoms with Crippen molar-refractivity contribution in [3.05, 3.63) is 90.6 Å². The van der Waals surface area contributed by atoms with E-state index >= 15 is 0 Å². The molecule has 2 aromatic carbocycles. The quantitative estimate of drug-likeness (QED) is 0.447. The van der Waals surface area contributed by atoms with Gasteiger partial charge in [0.05, 0.1) is 11.2 Å². The van der Waals surface area contributed by atoms with Gasteiger partial charge in [0.1, 0.15) is 12.1 Å². The SMILES string of the molecule is C(=Cc1ccccn1)c1ccc2ncnc(Nc3ccc4[nH]ccc4c3)c2c1. The Morgan fingerprint density at radius 1 is 0.857 bits per heavy atom. The molecule has 0 radical (unpaired) electrons. The summed E-state index contributed by atoms with van der Waals surface area (Å²) >= 11 is 0. The zero-order valence-electron chi connectivity index (χ0n) is 15.0. The molecule has 0 spiro atoms. The molecule has 134 valence electrons. The second kappa shape index (κ2) is 6.96. The molecule has 5 heteroatoms. The number of hydrogen-bond acceptors (Lipinski definition) is 4. The van der Waals surface area contributed by atoms with E-state index in [2.05, 4.69) is 49.5 Å². The number of pyridine rings is 1. The van der Waals surface area contributed by atoms with Crippen LogP contribution in [-0.4, -0.2) is 19.9 Å². The Morgan fingerprint density at radius 2 is 1.86 bits per heavy atom. The first-order chi connectivity index (χ1) is 13.8. The van der Waals surface area contributed by atoms with Gasteiger partial charge in [0.2, 0.25) is 0 Å². The monoisotopic (exact) mass is 363 g/mol. The maximum atomic E-state index is 4.46. The number of aromatic nitrogens is 4. The summed E-state index contributed by atoms with van der Waals surface area (Å²) in [6.07, 6.45) is 9.36. The average Bonchev–Trinajstić information content (AvgIpc) is 3.21. The molecule has 0 unspecified atom stereocenters. The van der Waals surface area contributed by atoms with Crippen molar-refractivity contribution in [1.29, 1.82) is 0 Å². The summed E-state index contributed by atoms with van der Waals surface area (Å²) in [5.74, 6) is 0.785. The number of nitrogens with one attached hydrogen (secondary N) is 2. The summed E-state index contributed by atoms with van der Waals surface area (Å²) in [6.45, 7) is 0. The zero-order valence-corrected chi connectivity index (χ0v) is 15.0. The molecule has 2 N–H and O–H groups in total. The summed E-state index contributed by atoms with van der Waals surface area (Å²) in [6, 6.07) is 20.3. The summed E-state index contributed by atoms with van der Waals surface area (Å²) in [7, 11) is 0. The van der Waals surface area contributed by atoms with Crippen molar-refractivity contribution in [3.8, 4) is 0 Å². The number of fused-ring (bicyclic) bond motifs is 2. The van der Waals surface area contributed by atoms with Crippen molar-refractivity contribution in [2.24, 2.45) is 0 Å². The van der Waals surface area contributed by atoms with Crippen LogP contribution in [-0.2, 0) is 0 Å². The molecule has 28 heavy (non-hydrogen) atoms. The topological polar surface area (TPSA) is 66.5 Å². The molecular formula is C23H17N5. The van der Waals surface area contributed by atoms with Gasteiger partial charge in [-0.1, -0.05) is 18.2 Å². The van der Waals surface area contributed by atoms with Gasteiger partial charge >= 0.3 is 0 Å². The van der Waals surface area contributed by atoms with Crippen LogP contribution in [0.25, 0.3) is 34.0 Å². The number of H-pyrrole nitrogens is 1. The van der Waals surface area contributed by atoms with E-state index in [0.29, 0.717) is 0 Å². The normalized spacial score (nSPS) is 11.4. The van der Waals surface area contributed by atoms with E-state index in [1.54, 1.807) is 12.5 Å². The molecule has 0 saturated carbocycles. The van der Waals surface area contributed by atoms with Gasteiger partial charge in [-0.15, -0.1) is 0 Å². The Labute approximate surface area is 161 Å². The highest BCUT2D eigenvalue weighted by molar-refractivity contribution is 5.93. The maximum Gasteiger partial charge on any atom is 0.141 e. The Hall–Kier alpha value is -3.99. The minimum absolute atomic E-state index is 0.785. The van der Waals surface area contributed by atoms with Gasteiger partial charge in [-0.05, 0) is 60.2 Å². The van der Waals surface area contributed by atoms with Gasteiger partial charge in [0.25, 0.3) is 0 Å². The van der Waals surface area contributed by atoms with Crippen LogP contribution in [0.2, 0.25) is 0 Å². The summed E-state index contributed by atoms with van der Waals surface area (Å²) in [5.41, 5.74) is 4.99. The van der Waals surface area contributed by atoms with Crippen LogP contribution in [0.3, 0.4) is 0 Å². The summed E-state index contributed by atoms with van der Waals surface area (Å²) < 4.78 is 0. The van der Waals surface area contributed by atoms with Gasteiger partial charge in [-0.2, -0.15) is 0 Å². The zero-order chi connectivity index (χ0) is 18.8. The second-order valence-corrected chi connectivity index (χ2v) is 6.49. The van der Waals surface area contributed by atoms with Gasteiger partial charge in [0, 0.05) is 34.4 Å². The third kappa shape index (κ3) is 3.21. The van der Waals surface area contributed by atoms with E-state index in [1.165, 1.54) is 0 Å². The number of aromatic amines is 1. The fourth-order valence-electron chi connectivity index (χ4n) is 3.20. The molecule has 5 rings (SSSR count). The smallest absolute Gasteiger partial charge is 0.141 e. The molecule has 5 aromatic rings. The lowest BCUT2D eigenvalue weighted by Gasteiger charge is -2.09. The van der Waals surface area contributed by atoms with Crippen molar-refractivity contribution in [2.45, 2.75) is 0 Å². The highest BCUT2D eigenvalue weighted by Crippen LogP contribution is 2.26. The van der Waals surface area contributed by atoms with Gasteiger partial charge < -0.3 is 10.3 Å². The fourth-order valence-corrected chi connectivity index (χ4v) is 3.20. The molecule has 0 saturated heterocycles. The van der Waals surface area contributed by atoms with E-state index in [4.69, 9.17) is 0 Å². The Morgan fingerprint density at radius 3 is 2.79 bits per heavy atom. The predicted octanol–water partition coefficient (Wildman–Crippen LogP) is 5.42. The summed E-state index contributed by atoms with van der Waals surface area (Å²) in [4.78, 5) is 16.4. The van der Waals surface area contributed by atoms with Gasteiger partial charge in [-0.3, -0.25) is 4.98 Å². The van der Waals surface area contributed by atoms with Crippen LogP contribution in [0.15, 0.2) is 79.4 Å². The lowest BCUT2D eigenvalue weighted by atomic mass is 10.1. The maximum absolute atomic E-state index is 4.46. The lowest BCUT2D eigenvalue weighted by molar-refractivity contribution is 1.22. The van der Waals surface area contributed by atoms with E-state index in [1.807, 2.05) is 54.7 Å². The van der Waals surface area contributed by atoms with Crippen LogP contribution >= 0.6 is 0 Å². The van der Waals surface area contributed by atoms with Crippen LogP contribution in [0, 0.1) is 0 Å². The largest absolute Gasteiger partial charge is 0.361 e. The van der Waals surface area contributed by atoms with Gasteiger partial charge in [-0.25, -0.2) is 9.97 Å². The Balaban J connectivity index is 1.50. The second-order valence-electron chi connectivity index (χ2n) is 6.49. The minimum atomic E-state index is 0.785. The van der Waals surface area contributed by atoms with Crippen LogP contribution in [0.5, 0.6) is 0 Å². The van der Waals surface area contributed by atoms with Crippen molar-refractivity contribution >= 4 is 45.5 Å². The molecule has 0 atom stereocenters. The molecule has 5 nitrogen and oxygen atoms in total.